The van der Waals surface area contributed by atoms with Gasteiger partial charge < -0.3 is 15.4 Å². The summed E-state index contributed by atoms with van der Waals surface area (Å²) in [5.74, 6) is 0.508. The Morgan fingerprint density at radius 3 is 2.92 bits per heavy atom. The van der Waals surface area contributed by atoms with Crippen LogP contribution in [0.15, 0.2) is 42.5 Å². The fourth-order valence-electron chi connectivity index (χ4n) is 3.47. The van der Waals surface area contributed by atoms with E-state index in [0.29, 0.717) is 12.5 Å². The van der Waals surface area contributed by atoms with Crippen LogP contribution in [0.1, 0.15) is 25.3 Å². The Hall–Kier alpha value is -1.91. The molecule has 0 aliphatic carbocycles. The summed E-state index contributed by atoms with van der Waals surface area (Å²) in [5.41, 5.74) is 1.24. The van der Waals surface area contributed by atoms with Gasteiger partial charge in [-0.2, -0.15) is 0 Å². The number of ether oxygens (including phenoxy) is 1. The highest BCUT2D eigenvalue weighted by atomic mass is 16.5. The molecule has 134 valence electrons. The Kier molecular flexibility index (Phi) is 6.42. The zero-order chi connectivity index (χ0) is 17.5. The van der Waals surface area contributed by atoms with Crippen molar-refractivity contribution in [2.24, 2.45) is 5.92 Å². The van der Waals surface area contributed by atoms with Crippen molar-refractivity contribution in [3.63, 3.8) is 0 Å². The van der Waals surface area contributed by atoms with Gasteiger partial charge in [0.1, 0.15) is 6.61 Å². The molecule has 1 heterocycles. The first kappa shape index (κ1) is 17.9. The summed E-state index contributed by atoms with van der Waals surface area (Å²) in [6, 6.07) is 14.9. The summed E-state index contributed by atoms with van der Waals surface area (Å²) in [7, 11) is 0. The molecular weight excluding hydrogens is 312 g/mol. The predicted octanol–water partition coefficient (Wildman–Crippen LogP) is 2.90. The normalized spacial score (nSPS) is 18.8. The Bertz CT molecular complexity index is 695. The van der Waals surface area contributed by atoms with Crippen LogP contribution < -0.4 is 10.6 Å². The molecule has 2 atom stereocenters. The molecule has 2 aromatic rings. The van der Waals surface area contributed by atoms with E-state index in [1.807, 2.05) is 13.0 Å². The van der Waals surface area contributed by atoms with E-state index in [1.165, 1.54) is 29.2 Å². The molecule has 0 unspecified atom stereocenters. The van der Waals surface area contributed by atoms with Crippen LogP contribution in [0.25, 0.3) is 10.8 Å². The van der Waals surface area contributed by atoms with Crippen LogP contribution in [0, 0.1) is 5.92 Å². The lowest BCUT2D eigenvalue weighted by molar-refractivity contribution is -0.126. The molecule has 3 rings (SSSR count). The summed E-state index contributed by atoms with van der Waals surface area (Å²) >= 11 is 0. The molecule has 1 saturated heterocycles. The van der Waals surface area contributed by atoms with Gasteiger partial charge in [-0.1, -0.05) is 42.5 Å². The average Bonchev–Trinajstić information content (AvgIpc) is 2.62. The third kappa shape index (κ3) is 5.55. The van der Waals surface area contributed by atoms with E-state index in [1.54, 1.807) is 0 Å². The average molecular weight is 340 g/mol. The van der Waals surface area contributed by atoms with Gasteiger partial charge in [-0.15, -0.1) is 0 Å². The van der Waals surface area contributed by atoms with Crippen molar-refractivity contribution in [2.75, 3.05) is 26.3 Å². The summed E-state index contributed by atoms with van der Waals surface area (Å²) in [5, 5.41) is 8.88. The second-order valence-corrected chi connectivity index (χ2v) is 7.08. The Balaban J connectivity index is 1.41. The maximum Gasteiger partial charge on any atom is 0.246 e. The standard InChI is InChI=1S/C21H28N2O2/c1-16(11-17-8-9-19-6-2-3-7-20(19)12-17)23-21(24)15-25-14-18-5-4-10-22-13-18/h2-3,6-9,12,16,18,22H,4-5,10-11,13-15H2,1H3,(H,23,24)/t16-,18-/m0/s1. The number of fused-ring (bicyclic) bond motifs is 1. The van der Waals surface area contributed by atoms with Crippen LogP contribution in [0.2, 0.25) is 0 Å². The molecule has 2 aromatic carbocycles. The van der Waals surface area contributed by atoms with Crippen molar-refractivity contribution in [3.8, 4) is 0 Å². The zero-order valence-corrected chi connectivity index (χ0v) is 15.0. The van der Waals surface area contributed by atoms with Gasteiger partial charge in [-0.3, -0.25) is 4.79 Å². The van der Waals surface area contributed by atoms with Crippen molar-refractivity contribution in [3.05, 3.63) is 48.0 Å². The SMILES string of the molecule is C[C@@H](Cc1ccc2ccccc2c1)NC(=O)COC[C@H]1CCCNC1. The summed E-state index contributed by atoms with van der Waals surface area (Å²) in [6.45, 7) is 4.96. The fourth-order valence-corrected chi connectivity index (χ4v) is 3.47. The number of amides is 1. The van der Waals surface area contributed by atoms with Crippen molar-refractivity contribution < 1.29 is 9.53 Å². The van der Waals surface area contributed by atoms with Gasteiger partial charge >= 0.3 is 0 Å². The van der Waals surface area contributed by atoms with Gasteiger partial charge in [0.2, 0.25) is 5.91 Å². The van der Waals surface area contributed by atoms with E-state index in [-0.39, 0.29) is 18.6 Å². The molecule has 4 nitrogen and oxygen atoms in total. The predicted molar refractivity (Wildman–Crippen MR) is 102 cm³/mol. The quantitative estimate of drug-likeness (QED) is 0.815. The zero-order valence-electron chi connectivity index (χ0n) is 15.0. The summed E-state index contributed by atoms with van der Waals surface area (Å²) in [4.78, 5) is 12.0. The molecule has 0 aromatic heterocycles. The number of hydrogen-bond donors (Lipinski definition) is 2. The third-order valence-corrected chi connectivity index (χ3v) is 4.75. The van der Waals surface area contributed by atoms with Crippen LogP contribution >= 0.6 is 0 Å². The fraction of sp³-hybridized carbons (Fsp3) is 0.476. The molecule has 0 bridgehead atoms. The number of hydrogen-bond acceptors (Lipinski definition) is 3. The lowest BCUT2D eigenvalue weighted by Crippen LogP contribution is -2.38. The third-order valence-electron chi connectivity index (χ3n) is 4.75. The Morgan fingerprint density at radius 1 is 1.28 bits per heavy atom. The number of carbonyl (C=O) groups excluding carboxylic acids is 1. The molecule has 1 aliphatic heterocycles. The minimum Gasteiger partial charge on any atom is -0.371 e. The van der Waals surface area contributed by atoms with Crippen molar-refractivity contribution in [1.82, 2.24) is 10.6 Å². The lowest BCUT2D eigenvalue weighted by atomic mass is 10.0. The number of benzene rings is 2. The van der Waals surface area contributed by atoms with Gasteiger partial charge in [-0.05, 0) is 55.0 Å². The molecule has 2 N–H and O–H groups in total. The molecule has 1 fully saturated rings. The maximum atomic E-state index is 12.0. The Labute approximate surface area is 149 Å². The van der Waals surface area contributed by atoms with Crippen LogP contribution in [0.4, 0.5) is 0 Å². The number of carbonyl (C=O) groups is 1. The first-order valence-electron chi connectivity index (χ1n) is 9.26. The molecular formula is C21H28N2O2. The van der Waals surface area contributed by atoms with E-state index in [4.69, 9.17) is 4.74 Å². The first-order valence-corrected chi connectivity index (χ1v) is 9.26. The smallest absolute Gasteiger partial charge is 0.246 e. The number of piperidine rings is 1. The molecule has 4 heteroatoms. The van der Waals surface area contributed by atoms with Gasteiger partial charge in [0, 0.05) is 12.6 Å². The molecule has 1 amide bonds. The highest BCUT2D eigenvalue weighted by molar-refractivity contribution is 5.83. The molecule has 25 heavy (non-hydrogen) atoms. The van der Waals surface area contributed by atoms with E-state index in [2.05, 4.69) is 47.0 Å². The minimum atomic E-state index is -0.0305. The molecule has 1 aliphatic rings. The van der Waals surface area contributed by atoms with Gasteiger partial charge in [0.25, 0.3) is 0 Å². The van der Waals surface area contributed by atoms with Crippen molar-refractivity contribution in [1.29, 1.82) is 0 Å². The topological polar surface area (TPSA) is 50.4 Å². The highest BCUT2D eigenvalue weighted by Gasteiger charge is 2.14. The first-order chi connectivity index (χ1) is 12.2. The van der Waals surface area contributed by atoms with Crippen LogP contribution in [0.5, 0.6) is 0 Å². The van der Waals surface area contributed by atoms with Crippen molar-refractivity contribution >= 4 is 16.7 Å². The van der Waals surface area contributed by atoms with Gasteiger partial charge in [-0.25, -0.2) is 0 Å². The monoisotopic (exact) mass is 340 g/mol. The van der Waals surface area contributed by atoms with E-state index in [0.717, 1.165) is 19.5 Å². The maximum absolute atomic E-state index is 12.0. The van der Waals surface area contributed by atoms with Crippen molar-refractivity contribution in [2.45, 2.75) is 32.2 Å². The Morgan fingerprint density at radius 2 is 2.12 bits per heavy atom. The lowest BCUT2D eigenvalue weighted by Gasteiger charge is -2.22. The van der Waals surface area contributed by atoms with E-state index in [9.17, 15) is 4.79 Å². The number of rotatable bonds is 7. The minimum absolute atomic E-state index is 0.0305. The second-order valence-electron chi connectivity index (χ2n) is 7.08. The van der Waals surface area contributed by atoms with E-state index >= 15 is 0 Å². The number of nitrogens with one attached hydrogen (secondary N) is 2. The van der Waals surface area contributed by atoms with Crippen LogP contribution in [0.3, 0.4) is 0 Å². The molecule has 0 saturated carbocycles. The molecule has 0 radical (unpaired) electrons. The van der Waals surface area contributed by atoms with E-state index < -0.39 is 0 Å². The highest BCUT2D eigenvalue weighted by Crippen LogP contribution is 2.16. The van der Waals surface area contributed by atoms with Crippen LogP contribution in [-0.2, 0) is 16.0 Å². The van der Waals surface area contributed by atoms with Gasteiger partial charge in [0.15, 0.2) is 0 Å². The summed E-state index contributed by atoms with van der Waals surface area (Å²) < 4.78 is 5.59. The second kappa shape index (κ2) is 8.97. The molecule has 0 spiro atoms. The largest absolute Gasteiger partial charge is 0.371 e. The van der Waals surface area contributed by atoms with Crippen LogP contribution in [-0.4, -0.2) is 38.3 Å². The van der Waals surface area contributed by atoms with Gasteiger partial charge in [0.05, 0.1) is 6.61 Å². The summed E-state index contributed by atoms with van der Waals surface area (Å²) in [6.07, 6.45) is 3.21.